The number of pyridine rings is 1. The van der Waals surface area contributed by atoms with Crippen molar-refractivity contribution in [3.05, 3.63) is 70.4 Å². The van der Waals surface area contributed by atoms with E-state index in [9.17, 15) is 9.59 Å². The highest BCUT2D eigenvalue weighted by molar-refractivity contribution is 7.15. The Kier molecular flexibility index (Phi) is 6.77. The third kappa shape index (κ3) is 4.55. The Balaban J connectivity index is 1.55. The predicted octanol–water partition coefficient (Wildman–Crippen LogP) is 7.63. The normalized spacial score (nSPS) is 14.2. The lowest BCUT2D eigenvalue weighted by Crippen LogP contribution is -2.07. The second-order valence-electron chi connectivity index (χ2n) is 10.3. The first kappa shape index (κ1) is 25.4. The molecule has 1 aliphatic rings. The number of ether oxygens (including phenoxy) is 1. The molecule has 0 spiro atoms. The molecule has 0 N–H and O–H groups in total. The van der Waals surface area contributed by atoms with Crippen molar-refractivity contribution in [2.45, 2.75) is 58.4 Å². The van der Waals surface area contributed by atoms with Gasteiger partial charge in [-0.05, 0) is 74.1 Å². The molecule has 3 aromatic heterocycles. The summed E-state index contributed by atoms with van der Waals surface area (Å²) in [6.45, 7) is 4.26. The molecular weight excluding hydrogens is 506 g/mol. The zero-order chi connectivity index (χ0) is 27.1. The number of carbonyl (C=O) groups excluding carboxylic acids is 2. The fourth-order valence-corrected chi connectivity index (χ4v) is 7.06. The standard InChI is InChI=1S/C32H31N3O3S/c1-19-31(39-20(2)33-19)27-14-10-22-17-23(11-13-26(22)34-27)30-29(21-7-5-4-6-8-21)25-12-9-24(32(37)38-3)18-28(25)35(30)15-16-36/h9-14,16-18,21H,4-8,15H2,1-3H3. The Labute approximate surface area is 231 Å². The number of esters is 1. The minimum absolute atomic E-state index is 0.211. The smallest absolute Gasteiger partial charge is 0.337 e. The van der Waals surface area contributed by atoms with Gasteiger partial charge in [0.25, 0.3) is 0 Å². The van der Waals surface area contributed by atoms with Gasteiger partial charge in [-0.25, -0.2) is 14.8 Å². The summed E-state index contributed by atoms with van der Waals surface area (Å²) < 4.78 is 7.07. The Hall–Kier alpha value is -3.84. The fraction of sp³-hybridized carbons (Fsp3) is 0.312. The van der Waals surface area contributed by atoms with Crippen LogP contribution >= 0.6 is 11.3 Å². The van der Waals surface area contributed by atoms with Crippen LogP contribution in [0.3, 0.4) is 0 Å². The molecule has 6 nitrogen and oxygen atoms in total. The molecule has 0 saturated heterocycles. The van der Waals surface area contributed by atoms with Crippen LogP contribution in [0, 0.1) is 13.8 Å². The van der Waals surface area contributed by atoms with Crippen LogP contribution < -0.4 is 0 Å². The minimum Gasteiger partial charge on any atom is -0.465 e. The lowest BCUT2D eigenvalue weighted by Gasteiger charge is -2.23. The van der Waals surface area contributed by atoms with Crippen molar-refractivity contribution in [1.29, 1.82) is 0 Å². The number of aryl methyl sites for hydroxylation is 2. The molecule has 0 aliphatic heterocycles. The quantitative estimate of drug-likeness (QED) is 0.164. The van der Waals surface area contributed by atoms with Crippen LogP contribution in [-0.4, -0.2) is 33.9 Å². The lowest BCUT2D eigenvalue weighted by molar-refractivity contribution is -0.108. The molecule has 0 amide bonds. The Morgan fingerprint density at radius 1 is 1.05 bits per heavy atom. The average molecular weight is 538 g/mol. The minimum atomic E-state index is -0.379. The number of benzene rings is 2. The van der Waals surface area contributed by atoms with E-state index < -0.39 is 0 Å². The van der Waals surface area contributed by atoms with Crippen molar-refractivity contribution >= 4 is 45.4 Å². The summed E-state index contributed by atoms with van der Waals surface area (Å²) >= 11 is 1.67. The summed E-state index contributed by atoms with van der Waals surface area (Å²) in [4.78, 5) is 35.0. The molecule has 198 valence electrons. The summed E-state index contributed by atoms with van der Waals surface area (Å²) in [6.07, 6.45) is 6.84. The number of methoxy groups -OCH3 is 1. The van der Waals surface area contributed by atoms with E-state index in [1.807, 2.05) is 32.0 Å². The highest BCUT2D eigenvalue weighted by Gasteiger charge is 2.27. The van der Waals surface area contributed by atoms with Gasteiger partial charge in [0.05, 0.1) is 57.2 Å². The largest absolute Gasteiger partial charge is 0.465 e. The molecule has 1 saturated carbocycles. The second kappa shape index (κ2) is 10.4. The molecular formula is C32H31N3O3S. The van der Waals surface area contributed by atoms with Gasteiger partial charge >= 0.3 is 5.97 Å². The van der Waals surface area contributed by atoms with Crippen molar-refractivity contribution < 1.29 is 14.3 Å². The summed E-state index contributed by atoms with van der Waals surface area (Å²) in [5.74, 6) is 0.0253. The number of carbonyl (C=O) groups is 2. The number of hydrogen-bond acceptors (Lipinski definition) is 6. The monoisotopic (exact) mass is 537 g/mol. The maximum Gasteiger partial charge on any atom is 0.337 e. The van der Waals surface area contributed by atoms with Gasteiger partial charge in [-0.15, -0.1) is 11.3 Å². The van der Waals surface area contributed by atoms with Crippen molar-refractivity contribution in [2.24, 2.45) is 0 Å². The van der Waals surface area contributed by atoms with Crippen LogP contribution in [0.4, 0.5) is 0 Å². The highest BCUT2D eigenvalue weighted by Crippen LogP contribution is 2.44. The van der Waals surface area contributed by atoms with E-state index in [0.717, 1.165) is 73.5 Å². The number of aromatic nitrogens is 3. The SMILES string of the molecule is COC(=O)c1ccc2c(C3CCCCC3)c(-c3ccc4nc(-c5sc(C)nc5C)ccc4c3)n(CC=O)c2c1. The molecule has 0 atom stereocenters. The molecule has 3 heterocycles. The first-order valence-electron chi connectivity index (χ1n) is 13.5. The van der Waals surface area contributed by atoms with E-state index in [4.69, 9.17) is 9.72 Å². The number of thiazole rings is 1. The Bertz CT molecular complexity index is 1730. The van der Waals surface area contributed by atoms with E-state index in [1.54, 1.807) is 11.3 Å². The number of aldehydes is 1. The summed E-state index contributed by atoms with van der Waals surface area (Å²) in [5.41, 5.74) is 7.64. The van der Waals surface area contributed by atoms with Crippen molar-refractivity contribution in [2.75, 3.05) is 7.11 Å². The number of nitrogens with zero attached hydrogens (tertiary/aromatic N) is 3. The van der Waals surface area contributed by atoms with Crippen molar-refractivity contribution in [1.82, 2.24) is 14.5 Å². The van der Waals surface area contributed by atoms with Crippen LogP contribution in [0.15, 0.2) is 48.5 Å². The van der Waals surface area contributed by atoms with Crippen LogP contribution in [0.25, 0.3) is 43.6 Å². The molecule has 1 fully saturated rings. The molecule has 0 bridgehead atoms. The van der Waals surface area contributed by atoms with Gasteiger partial charge in [0, 0.05) is 10.8 Å². The van der Waals surface area contributed by atoms with Gasteiger partial charge in [0.2, 0.25) is 0 Å². The van der Waals surface area contributed by atoms with Crippen molar-refractivity contribution in [3.8, 4) is 21.8 Å². The predicted molar refractivity (Wildman–Crippen MR) is 156 cm³/mol. The zero-order valence-corrected chi connectivity index (χ0v) is 23.3. The molecule has 1 aliphatic carbocycles. The molecule has 0 radical (unpaired) electrons. The fourth-order valence-electron chi connectivity index (χ4n) is 6.17. The number of rotatable bonds is 6. The average Bonchev–Trinajstić information content (AvgIpc) is 3.48. The molecule has 7 heteroatoms. The Morgan fingerprint density at radius 2 is 1.87 bits per heavy atom. The van der Waals surface area contributed by atoms with E-state index >= 15 is 0 Å². The van der Waals surface area contributed by atoms with E-state index in [1.165, 1.54) is 31.9 Å². The zero-order valence-electron chi connectivity index (χ0n) is 22.5. The molecule has 6 rings (SSSR count). The third-order valence-electron chi connectivity index (χ3n) is 7.89. The van der Waals surface area contributed by atoms with Gasteiger partial charge in [0.15, 0.2) is 0 Å². The molecule has 0 unspecified atom stereocenters. The number of hydrogen-bond donors (Lipinski definition) is 0. The van der Waals surface area contributed by atoms with Gasteiger partial charge < -0.3 is 14.1 Å². The topological polar surface area (TPSA) is 74.1 Å². The van der Waals surface area contributed by atoms with E-state index in [0.29, 0.717) is 11.5 Å². The summed E-state index contributed by atoms with van der Waals surface area (Å²) in [6, 6.07) is 16.3. The second-order valence-corrected chi connectivity index (χ2v) is 11.6. The van der Waals surface area contributed by atoms with Gasteiger partial charge in [-0.2, -0.15) is 0 Å². The molecule has 2 aromatic carbocycles. The van der Waals surface area contributed by atoms with E-state index in [2.05, 4.69) is 39.9 Å². The summed E-state index contributed by atoms with van der Waals surface area (Å²) in [5, 5.41) is 3.19. The lowest BCUT2D eigenvalue weighted by atomic mass is 9.81. The highest BCUT2D eigenvalue weighted by atomic mass is 32.1. The maximum atomic E-state index is 12.4. The van der Waals surface area contributed by atoms with Crippen LogP contribution in [0.5, 0.6) is 0 Å². The van der Waals surface area contributed by atoms with Crippen LogP contribution in [-0.2, 0) is 16.1 Å². The van der Waals surface area contributed by atoms with Gasteiger partial charge in [-0.3, -0.25) is 0 Å². The number of fused-ring (bicyclic) bond motifs is 2. The first-order chi connectivity index (χ1) is 19.0. The van der Waals surface area contributed by atoms with Crippen LogP contribution in [0.2, 0.25) is 0 Å². The van der Waals surface area contributed by atoms with Crippen LogP contribution in [0.1, 0.15) is 64.6 Å². The van der Waals surface area contributed by atoms with E-state index in [-0.39, 0.29) is 12.5 Å². The first-order valence-corrected chi connectivity index (χ1v) is 14.3. The van der Waals surface area contributed by atoms with Crippen molar-refractivity contribution in [3.63, 3.8) is 0 Å². The maximum absolute atomic E-state index is 12.4. The van der Waals surface area contributed by atoms with Gasteiger partial charge in [-0.1, -0.05) is 37.5 Å². The Morgan fingerprint density at radius 3 is 2.59 bits per heavy atom. The molecule has 39 heavy (non-hydrogen) atoms. The molecule has 5 aromatic rings. The summed E-state index contributed by atoms with van der Waals surface area (Å²) in [7, 11) is 1.39. The van der Waals surface area contributed by atoms with Gasteiger partial charge in [0.1, 0.15) is 6.29 Å². The third-order valence-corrected chi connectivity index (χ3v) is 8.99.